The van der Waals surface area contributed by atoms with E-state index in [1.54, 1.807) is 0 Å². The predicted octanol–water partition coefficient (Wildman–Crippen LogP) is 3.15. The number of nitrogens with one attached hydrogen (secondary N) is 1. The van der Waals surface area contributed by atoms with Crippen molar-refractivity contribution in [2.75, 3.05) is 0 Å². The van der Waals surface area contributed by atoms with Gasteiger partial charge in [0.15, 0.2) is 5.96 Å². The van der Waals surface area contributed by atoms with Crippen LogP contribution < -0.4 is 11.1 Å². The van der Waals surface area contributed by atoms with Crippen LogP contribution in [0.15, 0.2) is 47.5 Å². The van der Waals surface area contributed by atoms with Crippen molar-refractivity contribution in [2.45, 2.75) is 43.7 Å². The van der Waals surface area contributed by atoms with Crippen molar-refractivity contribution >= 4 is 16.7 Å². The fourth-order valence-corrected chi connectivity index (χ4v) is 3.21. The van der Waals surface area contributed by atoms with E-state index in [1.807, 2.05) is 0 Å². The summed E-state index contributed by atoms with van der Waals surface area (Å²) in [4.78, 5) is 4.66. The van der Waals surface area contributed by atoms with Gasteiger partial charge in [-0.3, -0.25) is 0 Å². The minimum Gasteiger partial charge on any atom is -0.370 e. The molecule has 3 heteroatoms. The van der Waals surface area contributed by atoms with Gasteiger partial charge in [-0.15, -0.1) is 0 Å². The molecule has 0 amide bonds. The van der Waals surface area contributed by atoms with Crippen LogP contribution in [0.25, 0.3) is 10.8 Å². The van der Waals surface area contributed by atoms with Gasteiger partial charge in [-0.1, -0.05) is 42.5 Å². The van der Waals surface area contributed by atoms with E-state index < -0.39 is 0 Å². The molecule has 108 valence electrons. The van der Waals surface area contributed by atoms with Crippen LogP contribution in [-0.2, 0) is 0 Å². The lowest BCUT2D eigenvalue weighted by molar-refractivity contribution is 0.382. The van der Waals surface area contributed by atoms with E-state index in [1.165, 1.54) is 35.6 Å². The van der Waals surface area contributed by atoms with Crippen molar-refractivity contribution in [1.29, 1.82) is 0 Å². The fourth-order valence-electron chi connectivity index (χ4n) is 3.21. The number of nitrogens with zero attached hydrogens (tertiary/aromatic N) is 1. The summed E-state index contributed by atoms with van der Waals surface area (Å²) in [5.41, 5.74) is 7.43. The maximum Gasteiger partial charge on any atom is 0.189 e. The number of aliphatic imine (C=N–C) groups is 1. The first kappa shape index (κ1) is 12.7. The van der Waals surface area contributed by atoms with Gasteiger partial charge in [-0.05, 0) is 42.0 Å². The maximum absolute atomic E-state index is 6.02. The third-order valence-electron chi connectivity index (χ3n) is 4.74. The van der Waals surface area contributed by atoms with Crippen molar-refractivity contribution in [1.82, 2.24) is 5.32 Å². The minimum atomic E-state index is 0.350. The topological polar surface area (TPSA) is 50.4 Å². The van der Waals surface area contributed by atoms with Gasteiger partial charge < -0.3 is 11.1 Å². The highest BCUT2D eigenvalue weighted by atomic mass is 15.1. The Kier molecular flexibility index (Phi) is 3.06. The molecular formula is C18H21N3. The SMILES string of the molecule is NC(=N[C@@H]1C[C@H]1c1cccc2ccccc12)NC1CCC1. The van der Waals surface area contributed by atoms with Gasteiger partial charge >= 0.3 is 0 Å². The molecule has 2 saturated carbocycles. The molecule has 3 nitrogen and oxygen atoms in total. The Morgan fingerprint density at radius 2 is 1.90 bits per heavy atom. The molecule has 2 aromatic rings. The molecule has 0 saturated heterocycles. The first-order chi connectivity index (χ1) is 10.3. The van der Waals surface area contributed by atoms with E-state index in [9.17, 15) is 0 Å². The highest BCUT2D eigenvalue weighted by Gasteiger charge is 2.39. The highest BCUT2D eigenvalue weighted by Crippen LogP contribution is 2.45. The van der Waals surface area contributed by atoms with E-state index in [0.717, 1.165) is 6.42 Å². The Hall–Kier alpha value is -2.03. The highest BCUT2D eigenvalue weighted by molar-refractivity contribution is 5.87. The minimum absolute atomic E-state index is 0.350. The van der Waals surface area contributed by atoms with Crippen LogP contribution in [0.4, 0.5) is 0 Å². The van der Waals surface area contributed by atoms with Gasteiger partial charge in [-0.2, -0.15) is 0 Å². The van der Waals surface area contributed by atoms with E-state index in [2.05, 4.69) is 52.8 Å². The van der Waals surface area contributed by atoms with Crippen LogP contribution >= 0.6 is 0 Å². The molecule has 0 radical (unpaired) electrons. The van der Waals surface area contributed by atoms with Gasteiger partial charge in [0.05, 0.1) is 6.04 Å². The number of fused-ring (bicyclic) bond motifs is 1. The zero-order valence-electron chi connectivity index (χ0n) is 12.1. The molecule has 2 aliphatic rings. The molecule has 2 aromatic carbocycles. The summed E-state index contributed by atoms with van der Waals surface area (Å²) in [7, 11) is 0. The van der Waals surface area contributed by atoms with Crippen LogP contribution in [0.3, 0.4) is 0 Å². The fraction of sp³-hybridized carbons (Fsp3) is 0.389. The summed E-state index contributed by atoms with van der Waals surface area (Å²) >= 11 is 0. The molecule has 2 aliphatic carbocycles. The Morgan fingerprint density at radius 1 is 1.10 bits per heavy atom. The van der Waals surface area contributed by atoms with Crippen LogP contribution in [0.1, 0.15) is 37.2 Å². The van der Waals surface area contributed by atoms with Crippen molar-refractivity contribution in [3.8, 4) is 0 Å². The van der Waals surface area contributed by atoms with Gasteiger partial charge in [0.1, 0.15) is 0 Å². The molecule has 2 fully saturated rings. The zero-order chi connectivity index (χ0) is 14.2. The lowest BCUT2D eigenvalue weighted by Gasteiger charge is -2.26. The third-order valence-corrected chi connectivity index (χ3v) is 4.74. The monoisotopic (exact) mass is 279 g/mol. The van der Waals surface area contributed by atoms with Gasteiger partial charge in [0.2, 0.25) is 0 Å². The van der Waals surface area contributed by atoms with Crippen molar-refractivity contribution in [2.24, 2.45) is 10.7 Å². The van der Waals surface area contributed by atoms with E-state index in [4.69, 9.17) is 5.73 Å². The average molecular weight is 279 g/mol. The summed E-state index contributed by atoms with van der Waals surface area (Å²) in [5, 5.41) is 5.99. The Balaban J connectivity index is 1.51. The van der Waals surface area contributed by atoms with Crippen molar-refractivity contribution < 1.29 is 0 Å². The lowest BCUT2D eigenvalue weighted by Crippen LogP contribution is -2.43. The summed E-state index contributed by atoms with van der Waals surface area (Å²) < 4.78 is 0. The lowest BCUT2D eigenvalue weighted by atomic mass is 9.93. The molecule has 4 rings (SSSR count). The standard InChI is InChI=1S/C18H21N3/c19-18(20-13-7-4-8-13)21-17-11-16(17)15-10-3-6-12-5-1-2-9-14(12)15/h1-3,5-6,9-10,13,16-17H,4,7-8,11H2,(H3,19,20,21)/t16-,17+/m0/s1. The first-order valence-corrected chi connectivity index (χ1v) is 7.89. The van der Waals surface area contributed by atoms with Crippen LogP contribution in [0.5, 0.6) is 0 Å². The van der Waals surface area contributed by atoms with Gasteiger partial charge in [-0.25, -0.2) is 4.99 Å². The van der Waals surface area contributed by atoms with Crippen LogP contribution in [-0.4, -0.2) is 18.0 Å². The third kappa shape index (κ3) is 2.48. The number of guanidine groups is 1. The molecular weight excluding hydrogens is 258 g/mol. The second kappa shape index (κ2) is 5.06. The number of hydrogen-bond acceptors (Lipinski definition) is 1. The molecule has 0 bridgehead atoms. The van der Waals surface area contributed by atoms with Gasteiger partial charge in [0, 0.05) is 12.0 Å². The molecule has 0 unspecified atom stereocenters. The first-order valence-electron chi connectivity index (χ1n) is 7.89. The van der Waals surface area contributed by atoms with Crippen LogP contribution in [0, 0.1) is 0 Å². The molecule has 21 heavy (non-hydrogen) atoms. The zero-order valence-corrected chi connectivity index (χ0v) is 12.1. The second-order valence-electron chi connectivity index (χ2n) is 6.26. The molecule has 3 N–H and O–H groups in total. The molecule has 0 spiro atoms. The largest absolute Gasteiger partial charge is 0.370 e. The van der Waals surface area contributed by atoms with Crippen molar-refractivity contribution in [3.05, 3.63) is 48.0 Å². The smallest absolute Gasteiger partial charge is 0.189 e. The summed E-state index contributed by atoms with van der Waals surface area (Å²) in [6, 6.07) is 16.0. The number of hydrogen-bond donors (Lipinski definition) is 2. The molecule has 0 heterocycles. The van der Waals surface area contributed by atoms with Crippen molar-refractivity contribution in [3.63, 3.8) is 0 Å². The van der Waals surface area contributed by atoms with E-state index in [0.29, 0.717) is 24.0 Å². The van der Waals surface area contributed by atoms with E-state index >= 15 is 0 Å². The number of rotatable bonds is 3. The summed E-state index contributed by atoms with van der Waals surface area (Å²) in [6.07, 6.45) is 4.88. The second-order valence-corrected chi connectivity index (χ2v) is 6.26. The average Bonchev–Trinajstić information content (AvgIpc) is 3.21. The molecule has 2 atom stereocenters. The number of nitrogens with two attached hydrogens (primary N) is 1. The predicted molar refractivity (Wildman–Crippen MR) is 87.5 cm³/mol. The Morgan fingerprint density at radius 3 is 2.71 bits per heavy atom. The van der Waals surface area contributed by atoms with Crippen LogP contribution in [0.2, 0.25) is 0 Å². The van der Waals surface area contributed by atoms with E-state index in [-0.39, 0.29) is 0 Å². The summed E-state index contributed by atoms with van der Waals surface area (Å²) in [5.74, 6) is 1.16. The quantitative estimate of drug-likeness (QED) is 0.670. The summed E-state index contributed by atoms with van der Waals surface area (Å²) in [6.45, 7) is 0. The Labute approximate surface area is 125 Å². The van der Waals surface area contributed by atoms with Gasteiger partial charge in [0.25, 0.3) is 0 Å². The molecule has 0 aromatic heterocycles. The normalized spacial score (nSPS) is 25.6. The molecule has 0 aliphatic heterocycles. The maximum atomic E-state index is 6.02. The Bertz CT molecular complexity index is 682. The number of benzene rings is 2.